The Bertz CT molecular complexity index is 744. The lowest BCUT2D eigenvalue weighted by molar-refractivity contribution is 0.280. The van der Waals surface area contributed by atoms with Crippen molar-refractivity contribution in [2.24, 2.45) is 0 Å². The van der Waals surface area contributed by atoms with Crippen molar-refractivity contribution >= 4 is 21.6 Å². The van der Waals surface area contributed by atoms with Gasteiger partial charge in [-0.3, -0.25) is 0 Å². The van der Waals surface area contributed by atoms with E-state index >= 15 is 0 Å². The second kappa shape index (κ2) is 6.58. The highest BCUT2D eigenvalue weighted by Gasteiger charge is 2.17. The Labute approximate surface area is 129 Å². The van der Waals surface area contributed by atoms with E-state index in [2.05, 4.69) is 4.72 Å². The quantitative estimate of drug-likeness (QED) is 0.888. The van der Waals surface area contributed by atoms with E-state index in [1.807, 2.05) is 0 Å². The van der Waals surface area contributed by atoms with E-state index in [-0.39, 0.29) is 18.0 Å². The van der Waals surface area contributed by atoms with Crippen molar-refractivity contribution in [1.82, 2.24) is 4.72 Å². The van der Waals surface area contributed by atoms with Gasteiger partial charge in [0.25, 0.3) is 0 Å². The molecule has 0 aromatic heterocycles. The Balaban J connectivity index is 2.22. The number of aliphatic hydroxyl groups is 1. The number of nitrogens with one attached hydrogen (secondary N) is 1. The van der Waals surface area contributed by atoms with Gasteiger partial charge in [0.1, 0.15) is 0 Å². The molecule has 0 aliphatic carbocycles. The molecule has 21 heavy (non-hydrogen) atoms. The summed E-state index contributed by atoms with van der Waals surface area (Å²) in [4.78, 5) is 0.202. The van der Waals surface area contributed by atoms with Crippen LogP contribution in [0.4, 0.5) is 0 Å². The highest BCUT2D eigenvalue weighted by Crippen LogP contribution is 2.20. The lowest BCUT2D eigenvalue weighted by atomic mass is 10.1. The third-order valence-corrected chi connectivity index (χ3v) is 4.96. The summed E-state index contributed by atoms with van der Waals surface area (Å²) < 4.78 is 27.2. The van der Waals surface area contributed by atoms with Crippen LogP contribution in [0.1, 0.15) is 16.7 Å². The standard InChI is InChI=1S/C15H16ClNO3S/c1-11-8-14(16)6-7-15(11)21(19,20)17-9-12-4-2-3-5-13(12)10-18/h2-8,17-18H,9-10H2,1H3. The SMILES string of the molecule is Cc1cc(Cl)ccc1S(=O)(=O)NCc1ccccc1CO. The van der Waals surface area contributed by atoms with E-state index in [1.165, 1.54) is 6.07 Å². The summed E-state index contributed by atoms with van der Waals surface area (Å²) in [5, 5.41) is 9.74. The maximum absolute atomic E-state index is 12.3. The van der Waals surface area contributed by atoms with Gasteiger partial charge in [-0.2, -0.15) is 0 Å². The second-order valence-corrected chi connectivity index (χ2v) is 6.83. The zero-order valence-corrected chi connectivity index (χ0v) is 13.1. The molecular formula is C15H16ClNO3S. The fraction of sp³-hybridized carbons (Fsp3) is 0.200. The van der Waals surface area contributed by atoms with Gasteiger partial charge < -0.3 is 5.11 Å². The molecule has 0 bridgehead atoms. The van der Waals surface area contributed by atoms with Crippen LogP contribution in [0.2, 0.25) is 5.02 Å². The summed E-state index contributed by atoms with van der Waals surface area (Å²) in [6, 6.07) is 11.8. The second-order valence-electron chi connectivity index (χ2n) is 4.66. The molecule has 0 radical (unpaired) electrons. The van der Waals surface area contributed by atoms with Gasteiger partial charge in [-0.05, 0) is 41.8 Å². The normalized spacial score (nSPS) is 11.6. The average molecular weight is 326 g/mol. The van der Waals surface area contributed by atoms with Crippen molar-refractivity contribution in [3.05, 3.63) is 64.2 Å². The van der Waals surface area contributed by atoms with Gasteiger partial charge in [-0.15, -0.1) is 0 Å². The fourth-order valence-corrected chi connectivity index (χ4v) is 3.51. The summed E-state index contributed by atoms with van der Waals surface area (Å²) in [5.74, 6) is 0. The van der Waals surface area contributed by atoms with Gasteiger partial charge >= 0.3 is 0 Å². The number of rotatable bonds is 5. The monoisotopic (exact) mass is 325 g/mol. The molecule has 2 aromatic rings. The molecular weight excluding hydrogens is 310 g/mol. The van der Waals surface area contributed by atoms with Crippen LogP contribution in [0.3, 0.4) is 0 Å². The molecule has 2 N–H and O–H groups in total. The van der Waals surface area contributed by atoms with Crippen LogP contribution in [-0.4, -0.2) is 13.5 Å². The number of halogens is 1. The third kappa shape index (κ3) is 3.83. The number of benzene rings is 2. The first-order valence-electron chi connectivity index (χ1n) is 6.37. The molecule has 0 amide bonds. The minimum Gasteiger partial charge on any atom is -0.392 e. The highest BCUT2D eigenvalue weighted by atomic mass is 35.5. The highest BCUT2D eigenvalue weighted by molar-refractivity contribution is 7.89. The maximum atomic E-state index is 12.3. The van der Waals surface area contributed by atoms with Crippen molar-refractivity contribution in [1.29, 1.82) is 0 Å². The molecule has 0 unspecified atom stereocenters. The summed E-state index contributed by atoms with van der Waals surface area (Å²) in [6.07, 6.45) is 0. The Morgan fingerprint density at radius 3 is 2.43 bits per heavy atom. The zero-order valence-electron chi connectivity index (χ0n) is 11.5. The number of aliphatic hydroxyl groups excluding tert-OH is 1. The summed E-state index contributed by atoms with van der Waals surface area (Å²) in [7, 11) is -3.62. The zero-order chi connectivity index (χ0) is 15.5. The molecule has 6 heteroatoms. The van der Waals surface area contributed by atoms with Crippen molar-refractivity contribution in [3.63, 3.8) is 0 Å². The molecule has 2 rings (SSSR count). The van der Waals surface area contributed by atoms with Crippen LogP contribution >= 0.6 is 11.6 Å². The Morgan fingerprint density at radius 2 is 1.81 bits per heavy atom. The maximum Gasteiger partial charge on any atom is 0.241 e. The smallest absolute Gasteiger partial charge is 0.241 e. The molecule has 0 fully saturated rings. The topological polar surface area (TPSA) is 66.4 Å². The van der Waals surface area contributed by atoms with E-state index in [9.17, 15) is 13.5 Å². The van der Waals surface area contributed by atoms with Crippen molar-refractivity contribution in [2.75, 3.05) is 0 Å². The predicted octanol–water partition coefficient (Wildman–Crippen LogP) is 2.62. The van der Waals surface area contributed by atoms with E-state index < -0.39 is 10.0 Å². The van der Waals surface area contributed by atoms with E-state index in [4.69, 9.17) is 11.6 Å². The third-order valence-electron chi connectivity index (χ3n) is 3.17. The molecule has 2 aromatic carbocycles. The minimum absolute atomic E-state index is 0.126. The molecule has 4 nitrogen and oxygen atoms in total. The number of hydrogen-bond acceptors (Lipinski definition) is 3. The molecule has 0 spiro atoms. The van der Waals surface area contributed by atoms with Crippen LogP contribution < -0.4 is 4.72 Å². The number of aryl methyl sites for hydroxylation is 1. The molecule has 0 saturated carbocycles. The number of hydrogen-bond donors (Lipinski definition) is 2. The van der Waals surface area contributed by atoms with E-state index in [1.54, 1.807) is 43.3 Å². The van der Waals surface area contributed by atoms with Crippen LogP contribution in [0, 0.1) is 6.92 Å². The first-order chi connectivity index (χ1) is 9.94. The molecule has 112 valence electrons. The lowest BCUT2D eigenvalue weighted by Crippen LogP contribution is -2.24. The Hall–Kier alpha value is -1.40. The van der Waals surface area contributed by atoms with Crippen molar-refractivity contribution in [3.8, 4) is 0 Å². The van der Waals surface area contributed by atoms with E-state index in [0.29, 0.717) is 16.1 Å². The van der Waals surface area contributed by atoms with Gasteiger partial charge in [-0.25, -0.2) is 13.1 Å². The van der Waals surface area contributed by atoms with Gasteiger partial charge in [0.15, 0.2) is 0 Å². The molecule has 0 aliphatic heterocycles. The molecule has 0 heterocycles. The fourth-order valence-electron chi connectivity index (χ4n) is 2.05. The van der Waals surface area contributed by atoms with Crippen LogP contribution in [0.15, 0.2) is 47.4 Å². The summed E-state index contributed by atoms with van der Waals surface area (Å²) in [6.45, 7) is 1.70. The van der Waals surface area contributed by atoms with Crippen LogP contribution in [-0.2, 0) is 23.2 Å². The van der Waals surface area contributed by atoms with Gasteiger partial charge in [0, 0.05) is 11.6 Å². The first-order valence-corrected chi connectivity index (χ1v) is 8.23. The van der Waals surface area contributed by atoms with Gasteiger partial charge in [-0.1, -0.05) is 35.9 Å². The Kier molecular flexibility index (Phi) is 5.00. The van der Waals surface area contributed by atoms with Crippen molar-refractivity contribution < 1.29 is 13.5 Å². The lowest BCUT2D eigenvalue weighted by Gasteiger charge is -2.11. The van der Waals surface area contributed by atoms with Crippen molar-refractivity contribution in [2.45, 2.75) is 25.0 Å². The molecule has 0 saturated heterocycles. The summed E-state index contributed by atoms with van der Waals surface area (Å²) >= 11 is 5.84. The molecule has 0 aliphatic rings. The van der Waals surface area contributed by atoms with Gasteiger partial charge in [0.2, 0.25) is 10.0 Å². The minimum atomic E-state index is -3.62. The van der Waals surface area contributed by atoms with E-state index in [0.717, 1.165) is 5.56 Å². The molecule has 0 atom stereocenters. The van der Waals surface area contributed by atoms with Gasteiger partial charge in [0.05, 0.1) is 11.5 Å². The first kappa shape index (κ1) is 16.0. The predicted molar refractivity (Wildman–Crippen MR) is 82.6 cm³/mol. The largest absolute Gasteiger partial charge is 0.392 e. The summed E-state index contributed by atoms with van der Waals surface area (Å²) in [5.41, 5.74) is 2.04. The Morgan fingerprint density at radius 1 is 1.14 bits per heavy atom. The van der Waals surface area contributed by atoms with Crippen LogP contribution in [0.5, 0.6) is 0 Å². The average Bonchev–Trinajstić information content (AvgIpc) is 2.45. The number of sulfonamides is 1. The van der Waals surface area contributed by atoms with Crippen LogP contribution in [0.25, 0.3) is 0 Å².